The Hall–Kier alpha value is -3.88. The SMILES string of the molecule is COCc1cc(-c2nc(-c3ccc(F)c(CN(C)CCC(=O)OC(C)(C)C)c3)no2)ccc1-c1ccccc1C. The molecule has 0 radical (unpaired) electrons. The fourth-order valence-corrected chi connectivity index (χ4v) is 4.48. The highest BCUT2D eigenvalue weighted by Crippen LogP contribution is 2.32. The van der Waals surface area contributed by atoms with Crippen LogP contribution in [0.5, 0.6) is 0 Å². The zero-order valence-electron chi connectivity index (χ0n) is 24.0. The molecule has 8 heteroatoms. The van der Waals surface area contributed by atoms with Crippen LogP contribution >= 0.6 is 0 Å². The summed E-state index contributed by atoms with van der Waals surface area (Å²) in [6.45, 7) is 8.76. The molecule has 4 aromatic rings. The number of ether oxygens (including phenoxy) is 2. The monoisotopic (exact) mass is 545 g/mol. The molecule has 1 heterocycles. The van der Waals surface area contributed by atoms with E-state index in [0.717, 1.165) is 22.3 Å². The van der Waals surface area contributed by atoms with E-state index in [0.29, 0.717) is 42.5 Å². The largest absolute Gasteiger partial charge is 0.460 e. The third-order valence-corrected chi connectivity index (χ3v) is 6.38. The van der Waals surface area contributed by atoms with Crippen LogP contribution in [0.25, 0.3) is 34.0 Å². The maximum absolute atomic E-state index is 14.7. The third kappa shape index (κ3) is 7.40. The Bertz CT molecular complexity index is 1480. The van der Waals surface area contributed by atoms with Gasteiger partial charge in [-0.15, -0.1) is 0 Å². The van der Waals surface area contributed by atoms with Gasteiger partial charge in [0.1, 0.15) is 11.4 Å². The van der Waals surface area contributed by atoms with Crippen molar-refractivity contribution in [3.63, 3.8) is 0 Å². The Morgan fingerprint density at radius 1 is 1.00 bits per heavy atom. The lowest BCUT2D eigenvalue weighted by atomic mass is 9.94. The van der Waals surface area contributed by atoms with Crippen LogP contribution in [0.2, 0.25) is 0 Å². The quantitative estimate of drug-likeness (QED) is 0.202. The van der Waals surface area contributed by atoms with Gasteiger partial charge >= 0.3 is 5.97 Å². The fourth-order valence-electron chi connectivity index (χ4n) is 4.48. The molecule has 7 nitrogen and oxygen atoms in total. The number of carbonyl (C=O) groups excluding carboxylic acids is 1. The minimum Gasteiger partial charge on any atom is -0.460 e. The van der Waals surface area contributed by atoms with Gasteiger partial charge in [0.2, 0.25) is 5.82 Å². The van der Waals surface area contributed by atoms with Crippen LogP contribution in [-0.2, 0) is 27.4 Å². The van der Waals surface area contributed by atoms with E-state index < -0.39 is 5.60 Å². The first-order valence-electron chi connectivity index (χ1n) is 13.2. The summed E-state index contributed by atoms with van der Waals surface area (Å²) in [5.41, 5.74) is 5.76. The van der Waals surface area contributed by atoms with Crippen molar-refractivity contribution >= 4 is 5.97 Å². The van der Waals surface area contributed by atoms with Gasteiger partial charge in [-0.1, -0.05) is 35.5 Å². The van der Waals surface area contributed by atoms with Crippen LogP contribution in [0, 0.1) is 12.7 Å². The minimum atomic E-state index is -0.534. The molecule has 1 aromatic heterocycles. The van der Waals surface area contributed by atoms with Gasteiger partial charge in [-0.3, -0.25) is 4.79 Å². The average Bonchev–Trinajstić information content (AvgIpc) is 3.39. The molecule has 0 aliphatic heterocycles. The van der Waals surface area contributed by atoms with Crippen LogP contribution in [0.1, 0.15) is 43.9 Å². The number of methoxy groups -OCH3 is 1. The van der Waals surface area contributed by atoms with Crippen LogP contribution < -0.4 is 0 Å². The first-order chi connectivity index (χ1) is 19.0. The van der Waals surface area contributed by atoms with E-state index in [1.165, 1.54) is 11.6 Å². The van der Waals surface area contributed by atoms with Crippen LogP contribution in [0.15, 0.2) is 65.2 Å². The van der Waals surface area contributed by atoms with Crippen molar-refractivity contribution in [2.45, 2.75) is 52.9 Å². The van der Waals surface area contributed by atoms with Gasteiger partial charge in [-0.25, -0.2) is 4.39 Å². The smallest absolute Gasteiger partial charge is 0.307 e. The number of esters is 1. The van der Waals surface area contributed by atoms with Crippen molar-refractivity contribution in [2.24, 2.45) is 0 Å². The van der Waals surface area contributed by atoms with E-state index in [4.69, 9.17) is 14.0 Å². The summed E-state index contributed by atoms with van der Waals surface area (Å²) in [4.78, 5) is 18.5. The van der Waals surface area contributed by atoms with Crippen LogP contribution in [0.4, 0.5) is 4.39 Å². The average molecular weight is 546 g/mol. The van der Waals surface area contributed by atoms with Crippen LogP contribution in [-0.4, -0.2) is 47.3 Å². The molecule has 0 saturated carbocycles. The summed E-state index contributed by atoms with van der Waals surface area (Å²) < 4.78 is 31.1. The zero-order valence-corrected chi connectivity index (χ0v) is 24.0. The summed E-state index contributed by atoms with van der Waals surface area (Å²) in [7, 11) is 3.50. The van der Waals surface area contributed by atoms with Gasteiger partial charge in [0.15, 0.2) is 0 Å². The second-order valence-electron chi connectivity index (χ2n) is 10.9. The molecule has 0 fully saturated rings. The first kappa shape index (κ1) is 29.1. The number of aromatic nitrogens is 2. The van der Waals surface area contributed by atoms with Gasteiger partial charge in [0.25, 0.3) is 5.89 Å². The predicted octanol–water partition coefficient (Wildman–Crippen LogP) is 6.83. The van der Waals surface area contributed by atoms with Crippen molar-refractivity contribution in [3.8, 4) is 34.0 Å². The number of hydrogen-bond donors (Lipinski definition) is 0. The Labute approximate surface area is 234 Å². The van der Waals surface area contributed by atoms with Gasteiger partial charge in [0.05, 0.1) is 13.0 Å². The summed E-state index contributed by atoms with van der Waals surface area (Å²) in [5.74, 6) is 0.106. The van der Waals surface area contributed by atoms with E-state index in [-0.39, 0.29) is 18.2 Å². The summed E-state index contributed by atoms with van der Waals surface area (Å²) in [6, 6.07) is 19.0. The standard InChI is InChI=1S/C32H36FN3O4/c1-21-9-7-8-10-26(21)27-13-11-23(18-25(27)20-38-6)31-34-30(35-40-31)22-12-14-28(33)24(17-22)19-36(5)16-15-29(37)39-32(2,3)4/h7-14,17-18H,15-16,19-20H2,1-6H3. The van der Waals surface area contributed by atoms with Crippen molar-refractivity contribution < 1.29 is 23.2 Å². The number of aryl methyl sites for hydroxylation is 1. The number of nitrogens with zero attached hydrogens (tertiary/aromatic N) is 3. The number of benzene rings is 3. The molecule has 4 rings (SSSR count). The molecule has 0 saturated heterocycles. The lowest BCUT2D eigenvalue weighted by Crippen LogP contribution is -2.27. The Kier molecular flexibility index (Phi) is 9.12. The molecule has 0 N–H and O–H groups in total. The van der Waals surface area contributed by atoms with E-state index >= 15 is 0 Å². The van der Waals surface area contributed by atoms with Crippen molar-refractivity contribution in [1.29, 1.82) is 0 Å². The highest BCUT2D eigenvalue weighted by molar-refractivity contribution is 5.74. The molecule has 0 aliphatic rings. The number of hydrogen-bond acceptors (Lipinski definition) is 7. The molecule has 0 spiro atoms. The fraction of sp³-hybridized carbons (Fsp3) is 0.344. The van der Waals surface area contributed by atoms with Gasteiger partial charge in [-0.2, -0.15) is 4.98 Å². The van der Waals surface area contributed by atoms with Gasteiger partial charge in [0, 0.05) is 36.9 Å². The summed E-state index contributed by atoms with van der Waals surface area (Å²) in [5, 5.41) is 4.16. The highest BCUT2D eigenvalue weighted by Gasteiger charge is 2.18. The summed E-state index contributed by atoms with van der Waals surface area (Å²) in [6.07, 6.45) is 0.219. The van der Waals surface area contributed by atoms with E-state index in [9.17, 15) is 9.18 Å². The van der Waals surface area contributed by atoms with E-state index in [1.807, 2.05) is 63.1 Å². The van der Waals surface area contributed by atoms with Gasteiger partial charge < -0.3 is 18.9 Å². The molecular formula is C32H36FN3O4. The maximum Gasteiger partial charge on any atom is 0.307 e. The highest BCUT2D eigenvalue weighted by atomic mass is 19.1. The topological polar surface area (TPSA) is 77.7 Å². The molecule has 0 amide bonds. The predicted molar refractivity (Wildman–Crippen MR) is 153 cm³/mol. The Morgan fingerprint density at radius 2 is 1.73 bits per heavy atom. The molecule has 40 heavy (non-hydrogen) atoms. The second-order valence-corrected chi connectivity index (χ2v) is 10.9. The maximum atomic E-state index is 14.7. The second kappa shape index (κ2) is 12.5. The lowest BCUT2D eigenvalue weighted by molar-refractivity contribution is -0.155. The van der Waals surface area contributed by atoms with Gasteiger partial charge in [-0.05, 0) is 87.3 Å². The molecule has 3 aromatic carbocycles. The third-order valence-electron chi connectivity index (χ3n) is 6.38. The molecular weight excluding hydrogens is 509 g/mol. The zero-order chi connectivity index (χ0) is 28.9. The van der Waals surface area contributed by atoms with E-state index in [2.05, 4.69) is 29.2 Å². The lowest BCUT2D eigenvalue weighted by Gasteiger charge is -2.21. The molecule has 0 unspecified atom stereocenters. The van der Waals surface area contributed by atoms with Crippen molar-refractivity contribution in [1.82, 2.24) is 15.0 Å². The first-order valence-corrected chi connectivity index (χ1v) is 13.2. The molecule has 0 bridgehead atoms. The van der Waals surface area contributed by atoms with Crippen LogP contribution in [0.3, 0.4) is 0 Å². The van der Waals surface area contributed by atoms with Crippen molar-refractivity contribution in [3.05, 3.63) is 83.2 Å². The molecule has 0 aliphatic carbocycles. The molecule has 0 atom stereocenters. The molecule has 210 valence electrons. The summed E-state index contributed by atoms with van der Waals surface area (Å²) >= 11 is 0. The van der Waals surface area contributed by atoms with Crippen molar-refractivity contribution in [2.75, 3.05) is 20.7 Å². The number of rotatable bonds is 10. The number of halogens is 1. The Morgan fingerprint density at radius 3 is 2.45 bits per heavy atom. The minimum absolute atomic E-state index is 0.219. The van der Waals surface area contributed by atoms with E-state index in [1.54, 1.807) is 19.2 Å². The normalized spacial score (nSPS) is 11.7. The Balaban J connectivity index is 1.51. The number of carbonyl (C=O) groups is 1.